The van der Waals surface area contributed by atoms with E-state index in [1.165, 1.54) is 0 Å². The Morgan fingerprint density at radius 1 is 0.583 bits per heavy atom. The van der Waals surface area contributed by atoms with Crippen LogP contribution in [-0.2, 0) is 10.8 Å². The van der Waals surface area contributed by atoms with Crippen molar-refractivity contribution in [2.75, 3.05) is 0 Å². The highest BCUT2D eigenvalue weighted by molar-refractivity contribution is 5.71. The Morgan fingerprint density at radius 2 is 0.875 bits per heavy atom. The van der Waals surface area contributed by atoms with Crippen LogP contribution in [0.15, 0.2) is 24.3 Å². The zero-order valence-corrected chi connectivity index (χ0v) is 16.2. The van der Waals surface area contributed by atoms with Crippen LogP contribution in [0.5, 0.6) is 11.5 Å². The van der Waals surface area contributed by atoms with Gasteiger partial charge >= 0.3 is 0 Å². The number of aromatic hydroxyl groups is 2. The smallest absolute Gasteiger partial charge is 0.122 e. The molecule has 0 amide bonds. The van der Waals surface area contributed by atoms with E-state index in [1.54, 1.807) is 0 Å². The minimum absolute atomic E-state index is 0.135. The van der Waals surface area contributed by atoms with Gasteiger partial charge in [0.1, 0.15) is 11.5 Å². The van der Waals surface area contributed by atoms with E-state index in [0.29, 0.717) is 11.5 Å². The topological polar surface area (TPSA) is 40.5 Å². The van der Waals surface area contributed by atoms with Crippen LogP contribution in [0.3, 0.4) is 0 Å². The number of rotatable bonds is 1. The van der Waals surface area contributed by atoms with Crippen molar-refractivity contribution in [1.29, 1.82) is 0 Å². The number of hydrogen-bond acceptors (Lipinski definition) is 2. The molecule has 0 aliphatic rings. The lowest BCUT2D eigenvalue weighted by molar-refractivity contribution is 0.442. The van der Waals surface area contributed by atoms with Crippen LogP contribution in [0.1, 0.15) is 63.8 Å². The molecule has 2 aromatic carbocycles. The van der Waals surface area contributed by atoms with Gasteiger partial charge in [-0.25, -0.2) is 0 Å². The molecule has 0 bridgehead atoms. The normalized spacial score (nSPS) is 12.5. The fraction of sp³-hybridized carbons (Fsp3) is 0.455. The van der Waals surface area contributed by atoms with E-state index < -0.39 is 0 Å². The third kappa shape index (κ3) is 3.43. The number of phenolic OH excluding ortho intramolecular Hbond substituents is 2. The average molecular weight is 326 g/mol. The van der Waals surface area contributed by atoms with Gasteiger partial charge in [-0.05, 0) is 71.2 Å². The molecule has 24 heavy (non-hydrogen) atoms. The molecule has 2 rings (SSSR count). The zero-order chi connectivity index (χ0) is 18.4. The van der Waals surface area contributed by atoms with Crippen molar-refractivity contribution in [3.8, 4) is 22.6 Å². The summed E-state index contributed by atoms with van der Waals surface area (Å²) in [5.74, 6) is 0.746. The highest BCUT2D eigenvalue weighted by atomic mass is 16.3. The molecule has 2 aromatic rings. The van der Waals surface area contributed by atoms with Crippen molar-refractivity contribution in [1.82, 2.24) is 0 Å². The summed E-state index contributed by atoms with van der Waals surface area (Å²) in [5.41, 5.74) is 5.52. The summed E-state index contributed by atoms with van der Waals surface area (Å²) >= 11 is 0. The first kappa shape index (κ1) is 18.4. The predicted molar refractivity (Wildman–Crippen MR) is 102 cm³/mol. The molecular formula is C22H30O2. The summed E-state index contributed by atoms with van der Waals surface area (Å²) in [7, 11) is 0. The maximum absolute atomic E-state index is 10.4. The fourth-order valence-corrected chi connectivity index (χ4v) is 3.04. The summed E-state index contributed by atoms with van der Waals surface area (Å²) in [6.07, 6.45) is 0. The van der Waals surface area contributed by atoms with Gasteiger partial charge in [-0.15, -0.1) is 0 Å². The number of hydrogen-bond donors (Lipinski definition) is 2. The summed E-state index contributed by atoms with van der Waals surface area (Å²) in [6, 6.07) is 8.17. The molecule has 0 saturated heterocycles. The Balaban J connectivity index is 2.74. The van der Waals surface area contributed by atoms with Crippen molar-refractivity contribution < 1.29 is 10.2 Å². The van der Waals surface area contributed by atoms with Crippen molar-refractivity contribution in [2.24, 2.45) is 0 Å². The molecule has 2 heteroatoms. The van der Waals surface area contributed by atoms with E-state index >= 15 is 0 Å². The van der Waals surface area contributed by atoms with Crippen molar-refractivity contribution in [2.45, 2.75) is 66.2 Å². The lowest BCUT2D eigenvalue weighted by Gasteiger charge is -2.25. The SMILES string of the molecule is Cc1cc(-c2cc(C)c(O)c(C(C)(C)C)c2)cc(C(C)(C)C)c1O. The van der Waals surface area contributed by atoms with Gasteiger partial charge in [0.2, 0.25) is 0 Å². The highest BCUT2D eigenvalue weighted by Crippen LogP contribution is 2.40. The van der Waals surface area contributed by atoms with Crippen molar-refractivity contribution >= 4 is 0 Å². The Bertz CT molecular complexity index is 705. The minimum atomic E-state index is -0.135. The van der Waals surface area contributed by atoms with Gasteiger partial charge in [0, 0.05) is 11.1 Å². The van der Waals surface area contributed by atoms with Crippen LogP contribution < -0.4 is 0 Å². The molecule has 0 unspecified atom stereocenters. The number of aryl methyl sites for hydroxylation is 2. The Kier molecular flexibility index (Phi) is 4.47. The van der Waals surface area contributed by atoms with E-state index in [1.807, 2.05) is 26.0 Å². The van der Waals surface area contributed by atoms with Gasteiger partial charge in [-0.2, -0.15) is 0 Å². The Morgan fingerprint density at radius 3 is 1.12 bits per heavy atom. The van der Waals surface area contributed by atoms with E-state index in [9.17, 15) is 10.2 Å². The summed E-state index contributed by atoms with van der Waals surface area (Å²) in [6.45, 7) is 16.5. The first-order valence-electron chi connectivity index (χ1n) is 8.51. The predicted octanol–water partition coefficient (Wildman–Crippen LogP) is 5.98. The van der Waals surface area contributed by atoms with Crippen LogP contribution in [0, 0.1) is 13.8 Å². The van der Waals surface area contributed by atoms with E-state index in [4.69, 9.17) is 0 Å². The molecule has 0 atom stereocenters. The molecule has 0 aliphatic carbocycles. The standard InChI is InChI=1S/C22H30O2/c1-13-9-15(11-17(19(13)23)21(3,4)5)16-10-14(2)20(24)18(12-16)22(6,7)8/h9-12,23-24H,1-8H3. The zero-order valence-electron chi connectivity index (χ0n) is 16.2. The van der Waals surface area contributed by atoms with Gasteiger partial charge in [-0.1, -0.05) is 41.5 Å². The summed E-state index contributed by atoms with van der Waals surface area (Å²) in [4.78, 5) is 0. The van der Waals surface area contributed by atoms with Crippen LogP contribution in [-0.4, -0.2) is 10.2 Å². The third-order valence-electron chi connectivity index (χ3n) is 4.55. The first-order valence-corrected chi connectivity index (χ1v) is 8.51. The van der Waals surface area contributed by atoms with E-state index in [2.05, 4.69) is 53.7 Å². The van der Waals surface area contributed by atoms with Crippen molar-refractivity contribution in [3.05, 3.63) is 46.5 Å². The molecule has 0 aliphatic heterocycles. The maximum Gasteiger partial charge on any atom is 0.122 e. The van der Waals surface area contributed by atoms with Gasteiger partial charge in [-0.3, -0.25) is 0 Å². The Hall–Kier alpha value is -1.96. The summed E-state index contributed by atoms with van der Waals surface area (Å²) in [5, 5.41) is 20.9. The number of phenols is 2. The molecule has 2 N–H and O–H groups in total. The van der Waals surface area contributed by atoms with Crippen LogP contribution in [0.4, 0.5) is 0 Å². The monoisotopic (exact) mass is 326 g/mol. The second-order valence-corrected chi connectivity index (χ2v) is 8.88. The second kappa shape index (κ2) is 5.84. The molecule has 130 valence electrons. The minimum Gasteiger partial charge on any atom is -0.507 e. The lowest BCUT2D eigenvalue weighted by atomic mass is 9.81. The third-order valence-corrected chi connectivity index (χ3v) is 4.55. The molecule has 0 spiro atoms. The Labute approximate surface area is 146 Å². The van der Waals surface area contributed by atoms with Gasteiger partial charge in [0.25, 0.3) is 0 Å². The molecule has 0 heterocycles. The molecule has 0 fully saturated rings. The van der Waals surface area contributed by atoms with Crippen LogP contribution in [0.2, 0.25) is 0 Å². The van der Waals surface area contributed by atoms with Gasteiger partial charge < -0.3 is 10.2 Å². The maximum atomic E-state index is 10.4. The first-order chi connectivity index (χ1) is 10.8. The van der Waals surface area contributed by atoms with E-state index in [-0.39, 0.29) is 10.8 Å². The second-order valence-electron chi connectivity index (χ2n) is 8.88. The highest BCUT2D eigenvalue weighted by Gasteiger charge is 2.23. The van der Waals surface area contributed by atoms with Crippen LogP contribution >= 0.6 is 0 Å². The number of benzene rings is 2. The van der Waals surface area contributed by atoms with Gasteiger partial charge in [0.05, 0.1) is 0 Å². The molecule has 2 nitrogen and oxygen atoms in total. The molecule has 0 radical (unpaired) electrons. The quantitative estimate of drug-likeness (QED) is 0.677. The van der Waals surface area contributed by atoms with E-state index in [0.717, 1.165) is 33.4 Å². The fourth-order valence-electron chi connectivity index (χ4n) is 3.04. The lowest BCUT2D eigenvalue weighted by Crippen LogP contribution is -2.13. The molecular weight excluding hydrogens is 296 g/mol. The van der Waals surface area contributed by atoms with Gasteiger partial charge in [0.15, 0.2) is 0 Å². The largest absolute Gasteiger partial charge is 0.507 e. The molecule has 0 saturated carbocycles. The molecule has 0 aromatic heterocycles. The van der Waals surface area contributed by atoms with Crippen LogP contribution in [0.25, 0.3) is 11.1 Å². The summed E-state index contributed by atoms with van der Waals surface area (Å²) < 4.78 is 0. The van der Waals surface area contributed by atoms with Crippen molar-refractivity contribution in [3.63, 3.8) is 0 Å². The average Bonchev–Trinajstić information content (AvgIpc) is 2.41.